The van der Waals surface area contributed by atoms with E-state index in [4.69, 9.17) is 14.2 Å². The molecular weight excluding hydrogens is 462 g/mol. The van der Waals surface area contributed by atoms with Gasteiger partial charge in [0.1, 0.15) is 5.75 Å². The molecule has 9 heteroatoms. The first-order valence-corrected chi connectivity index (χ1v) is 11.5. The maximum atomic E-state index is 13.3. The Labute approximate surface area is 209 Å². The molecule has 3 aromatic rings. The van der Waals surface area contributed by atoms with E-state index in [1.807, 2.05) is 0 Å². The molecule has 1 aliphatic rings. The van der Waals surface area contributed by atoms with Gasteiger partial charge in [-0.3, -0.25) is 9.59 Å². The molecule has 1 aliphatic heterocycles. The highest BCUT2D eigenvalue weighted by Gasteiger charge is 2.23. The van der Waals surface area contributed by atoms with Gasteiger partial charge in [-0.15, -0.1) is 0 Å². The van der Waals surface area contributed by atoms with Crippen molar-refractivity contribution in [3.63, 3.8) is 0 Å². The molecule has 1 unspecified atom stereocenters. The van der Waals surface area contributed by atoms with Crippen LogP contribution in [0.4, 0.5) is 5.69 Å². The minimum atomic E-state index is -0.324. The number of ether oxygens (including phenoxy) is 3. The van der Waals surface area contributed by atoms with Crippen LogP contribution >= 0.6 is 0 Å². The number of phenolic OH excluding ortho intramolecular Hbond substituents is 1. The minimum absolute atomic E-state index is 0.00476. The van der Waals surface area contributed by atoms with Gasteiger partial charge in [0, 0.05) is 36.4 Å². The summed E-state index contributed by atoms with van der Waals surface area (Å²) >= 11 is 0. The SMILES string of the molecule is COc1ccc(C(=O)Nc2ccc(C3CNCCO3)c(C(=O)NCc3ccc(OC)c(O)c3)c2)cc1. The van der Waals surface area contributed by atoms with Crippen LogP contribution in [0.25, 0.3) is 0 Å². The molecule has 188 valence electrons. The Morgan fingerprint density at radius 3 is 2.50 bits per heavy atom. The fraction of sp³-hybridized carbons (Fsp3) is 0.259. The highest BCUT2D eigenvalue weighted by Crippen LogP contribution is 2.28. The molecule has 3 aromatic carbocycles. The van der Waals surface area contributed by atoms with Crippen LogP contribution in [0.3, 0.4) is 0 Å². The van der Waals surface area contributed by atoms with Gasteiger partial charge in [0.2, 0.25) is 0 Å². The van der Waals surface area contributed by atoms with E-state index in [1.54, 1.807) is 67.8 Å². The zero-order valence-electron chi connectivity index (χ0n) is 20.2. The van der Waals surface area contributed by atoms with Gasteiger partial charge in [-0.2, -0.15) is 0 Å². The molecule has 0 aliphatic carbocycles. The molecule has 0 saturated carbocycles. The molecule has 0 aromatic heterocycles. The summed E-state index contributed by atoms with van der Waals surface area (Å²) in [6.07, 6.45) is -0.295. The van der Waals surface area contributed by atoms with Crippen LogP contribution in [0.5, 0.6) is 17.2 Å². The Balaban J connectivity index is 1.54. The molecule has 0 spiro atoms. The number of hydrogen-bond donors (Lipinski definition) is 4. The first-order chi connectivity index (χ1) is 17.5. The number of phenols is 1. The predicted molar refractivity (Wildman–Crippen MR) is 135 cm³/mol. The first-order valence-electron chi connectivity index (χ1n) is 11.5. The molecule has 0 radical (unpaired) electrons. The zero-order valence-corrected chi connectivity index (χ0v) is 20.2. The highest BCUT2D eigenvalue weighted by molar-refractivity contribution is 6.05. The normalized spacial score (nSPS) is 15.1. The topological polar surface area (TPSA) is 118 Å². The Morgan fingerprint density at radius 2 is 1.83 bits per heavy atom. The van der Waals surface area contributed by atoms with E-state index < -0.39 is 0 Å². The summed E-state index contributed by atoms with van der Waals surface area (Å²) in [6, 6.07) is 16.9. The Kier molecular flexibility index (Phi) is 8.04. The van der Waals surface area contributed by atoms with Crippen molar-refractivity contribution in [3.05, 3.63) is 82.9 Å². The number of hydrogen-bond acceptors (Lipinski definition) is 7. The predicted octanol–water partition coefficient (Wildman–Crippen LogP) is 3.25. The van der Waals surface area contributed by atoms with Crippen LogP contribution in [-0.2, 0) is 11.3 Å². The molecule has 2 amide bonds. The van der Waals surface area contributed by atoms with Crippen LogP contribution in [-0.4, -0.2) is 50.8 Å². The lowest BCUT2D eigenvalue weighted by atomic mass is 9.99. The average Bonchev–Trinajstić information content (AvgIpc) is 2.92. The summed E-state index contributed by atoms with van der Waals surface area (Å²) in [6.45, 7) is 2.05. The van der Waals surface area contributed by atoms with Gasteiger partial charge < -0.3 is 35.3 Å². The summed E-state index contributed by atoms with van der Waals surface area (Å²) in [5.74, 6) is 0.377. The molecular formula is C27H29N3O6. The van der Waals surface area contributed by atoms with E-state index in [2.05, 4.69) is 16.0 Å². The number of amides is 2. The Bertz CT molecular complexity index is 1220. The lowest BCUT2D eigenvalue weighted by Gasteiger charge is -2.26. The summed E-state index contributed by atoms with van der Waals surface area (Å²) in [5.41, 5.74) is 2.78. The lowest BCUT2D eigenvalue weighted by molar-refractivity contribution is 0.0270. The summed E-state index contributed by atoms with van der Waals surface area (Å²) in [7, 11) is 3.03. The van der Waals surface area contributed by atoms with E-state index in [9.17, 15) is 14.7 Å². The molecule has 4 rings (SSSR count). The number of morpholine rings is 1. The summed E-state index contributed by atoms with van der Waals surface area (Å²) in [4.78, 5) is 26.0. The molecule has 9 nitrogen and oxygen atoms in total. The number of benzene rings is 3. The largest absolute Gasteiger partial charge is 0.504 e. The van der Waals surface area contributed by atoms with E-state index in [-0.39, 0.29) is 30.2 Å². The van der Waals surface area contributed by atoms with Crippen LogP contribution in [0, 0.1) is 0 Å². The van der Waals surface area contributed by atoms with Gasteiger partial charge >= 0.3 is 0 Å². The van der Waals surface area contributed by atoms with E-state index in [1.165, 1.54) is 7.11 Å². The number of anilines is 1. The van der Waals surface area contributed by atoms with E-state index >= 15 is 0 Å². The summed E-state index contributed by atoms with van der Waals surface area (Å²) < 4.78 is 16.1. The number of carbonyl (C=O) groups is 2. The van der Waals surface area contributed by atoms with Gasteiger partial charge in [-0.1, -0.05) is 12.1 Å². The molecule has 1 fully saturated rings. The second-order valence-corrected chi connectivity index (χ2v) is 8.24. The standard InChI is InChI=1S/C27H29N3O6/c1-34-20-7-4-18(5-8-20)26(32)30-19-6-9-21(25-16-28-11-12-36-25)22(14-19)27(33)29-15-17-3-10-24(35-2)23(31)13-17/h3-10,13-14,25,28,31H,11-12,15-16H2,1-2H3,(H,29,33)(H,30,32). The van der Waals surface area contributed by atoms with Gasteiger partial charge in [0.15, 0.2) is 11.5 Å². The quantitative estimate of drug-likeness (QED) is 0.382. The third-order valence-corrected chi connectivity index (χ3v) is 5.88. The number of carbonyl (C=O) groups excluding carboxylic acids is 2. The average molecular weight is 492 g/mol. The van der Waals surface area contributed by atoms with Crippen molar-refractivity contribution in [2.75, 3.05) is 39.2 Å². The zero-order chi connectivity index (χ0) is 25.5. The van der Waals surface area contributed by atoms with Crippen molar-refractivity contribution < 1.29 is 28.9 Å². The molecule has 0 bridgehead atoms. The second-order valence-electron chi connectivity index (χ2n) is 8.24. The summed E-state index contributed by atoms with van der Waals surface area (Å²) in [5, 5.41) is 19.0. The van der Waals surface area contributed by atoms with Crippen molar-refractivity contribution in [2.45, 2.75) is 12.6 Å². The monoisotopic (exact) mass is 491 g/mol. The highest BCUT2D eigenvalue weighted by atomic mass is 16.5. The minimum Gasteiger partial charge on any atom is -0.504 e. The Hall–Kier alpha value is -4.08. The molecule has 1 heterocycles. The number of nitrogens with one attached hydrogen (secondary N) is 3. The number of methoxy groups -OCH3 is 2. The van der Waals surface area contributed by atoms with E-state index in [0.29, 0.717) is 47.0 Å². The van der Waals surface area contributed by atoms with Gasteiger partial charge in [-0.25, -0.2) is 0 Å². The molecule has 1 atom stereocenters. The van der Waals surface area contributed by atoms with Crippen molar-refractivity contribution >= 4 is 17.5 Å². The first kappa shape index (κ1) is 25.0. The number of aromatic hydroxyl groups is 1. The smallest absolute Gasteiger partial charge is 0.255 e. The fourth-order valence-electron chi connectivity index (χ4n) is 3.95. The van der Waals surface area contributed by atoms with Crippen LogP contribution in [0.1, 0.15) is 37.9 Å². The number of rotatable bonds is 8. The Morgan fingerprint density at radius 1 is 1.03 bits per heavy atom. The van der Waals surface area contributed by atoms with Crippen LogP contribution in [0.2, 0.25) is 0 Å². The van der Waals surface area contributed by atoms with Gasteiger partial charge in [-0.05, 0) is 59.7 Å². The van der Waals surface area contributed by atoms with Crippen LogP contribution in [0.15, 0.2) is 60.7 Å². The van der Waals surface area contributed by atoms with Gasteiger partial charge in [0.05, 0.1) is 26.9 Å². The second kappa shape index (κ2) is 11.6. The van der Waals surface area contributed by atoms with Gasteiger partial charge in [0.25, 0.3) is 11.8 Å². The molecule has 1 saturated heterocycles. The fourth-order valence-corrected chi connectivity index (χ4v) is 3.95. The van der Waals surface area contributed by atoms with Crippen molar-refractivity contribution in [3.8, 4) is 17.2 Å². The third-order valence-electron chi connectivity index (χ3n) is 5.88. The van der Waals surface area contributed by atoms with Crippen LogP contribution < -0.4 is 25.4 Å². The lowest BCUT2D eigenvalue weighted by Crippen LogP contribution is -2.35. The molecule has 4 N–H and O–H groups in total. The van der Waals surface area contributed by atoms with Crippen molar-refractivity contribution in [1.82, 2.24) is 10.6 Å². The van der Waals surface area contributed by atoms with Crippen molar-refractivity contribution in [1.29, 1.82) is 0 Å². The maximum Gasteiger partial charge on any atom is 0.255 e. The molecule has 36 heavy (non-hydrogen) atoms. The van der Waals surface area contributed by atoms with Crippen molar-refractivity contribution in [2.24, 2.45) is 0 Å². The van der Waals surface area contributed by atoms with E-state index in [0.717, 1.165) is 12.1 Å². The maximum absolute atomic E-state index is 13.3. The third kappa shape index (κ3) is 5.94.